The highest BCUT2D eigenvalue weighted by Gasteiger charge is 2.03. The maximum Gasteiger partial charge on any atom is 0.0985 e. The summed E-state index contributed by atoms with van der Waals surface area (Å²) in [5.74, 6) is -4.86. The third-order valence-corrected chi connectivity index (χ3v) is 0.973. The van der Waals surface area contributed by atoms with Gasteiger partial charge in [-0.25, -0.2) is 0 Å². The molecule has 112 valence electrons. The Morgan fingerprint density at radius 1 is 0.944 bits per heavy atom. The molecule has 0 aromatic heterocycles. The minimum absolute atomic E-state index is 0. The molecule has 0 aliphatic carbocycles. The Bertz CT molecular complexity index is 245. The summed E-state index contributed by atoms with van der Waals surface area (Å²) >= 11 is 0. The van der Waals surface area contributed by atoms with Crippen LogP contribution in [0.3, 0.4) is 0 Å². The van der Waals surface area contributed by atoms with Gasteiger partial charge in [0.1, 0.15) is 0 Å². The predicted molar refractivity (Wildman–Crippen MR) is 55.3 cm³/mol. The first-order valence-electron chi connectivity index (χ1n) is 3.66. The molecule has 0 saturated carbocycles. The Morgan fingerprint density at radius 3 is 1.28 bits per heavy atom. The Kier molecular flexibility index (Phi) is 25.2. The van der Waals surface area contributed by atoms with Crippen LogP contribution in [0.15, 0.2) is 0 Å². The zero-order valence-electron chi connectivity index (χ0n) is 10.7. The molecule has 0 fully saturated rings. The van der Waals surface area contributed by atoms with Crippen molar-refractivity contribution in [2.45, 2.75) is 25.6 Å². The lowest BCUT2D eigenvalue weighted by atomic mass is 10.3. The van der Waals surface area contributed by atoms with Crippen molar-refractivity contribution in [1.29, 1.82) is 0 Å². The highest BCUT2D eigenvalue weighted by Crippen LogP contribution is 1.85. The number of carbonyl (C=O) groups is 3. The van der Waals surface area contributed by atoms with Crippen molar-refractivity contribution in [3.63, 3.8) is 0 Å². The fourth-order valence-corrected chi connectivity index (χ4v) is 0.241. The maximum absolute atomic E-state index is 9.58. The topological polar surface area (TPSA) is 270 Å². The molecule has 0 aromatic carbocycles. The molecule has 11 nitrogen and oxygen atoms in total. The highest BCUT2D eigenvalue weighted by molar-refractivity contribution is 5.77. The molecule has 18 heavy (non-hydrogen) atoms. The van der Waals surface area contributed by atoms with Gasteiger partial charge in [0.25, 0.3) is 0 Å². The number of carboxylic acids is 3. The zero-order chi connectivity index (χ0) is 12.6. The predicted octanol–water partition coefficient (Wildman–Crippen LogP) is -4.52. The van der Waals surface area contributed by atoms with Crippen LogP contribution in [0.25, 0.3) is 0 Å². The second kappa shape index (κ2) is 15.2. The first kappa shape index (κ1) is 29.8. The van der Waals surface area contributed by atoms with E-state index in [-0.39, 0.29) is 18.5 Å². The van der Waals surface area contributed by atoms with Crippen molar-refractivity contribution in [3.8, 4) is 0 Å². The Balaban J connectivity index is -0.0000000566. The van der Waals surface area contributed by atoms with E-state index >= 15 is 0 Å². The van der Waals surface area contributed by atoms with Gasteiger partial charge in [0, 0.05) is 12.4 Å². The summed E-state index contributed by atoms with van der Waals surface area (Å²) in [5, 5.41) is 44.7. The van der Waals surface area contributed by atoms with E-state index in [0.717, 1.165) is 6.92 Å². The van der Waals surface area contributed by atoms with Crippen molar-refractivity contribution in [2.75, 3.05) is 0 Å². The molecule has 2 atom stereocenters. The molecule has 0 heterocycles. The first-order valence-corrected chi connectivity index (χ1v) is 3.66. The Labute approximate surface area is 103 Å². The van der Waals surface area contributed by atoms with Crippen LogP contribution >= 0.6 is 0 Å². The van der Waals surface area contributed by atoms with Gasteiger partial charge in [0.05, 0.1) is 24.1 Å². The molecule has 0 aromatic rings. The number of hydrogen-bond acceptors (Lipinski definition) is 8. The van der Waals surface area contributed by atoms with E-state index in [1.54, 1.807) is 0 Å². The standard InChI is InChI=1S/C4H6O5.C3H6O3.3H3N/c5-2(4(8)9)1-3(6)7;1-2(4)3(5)6;;;/h2,5H,1H2,(H,6,7)(H,8,9);2,4H,1H3,(H,5,6);3*1H3. The number of carboxylic acid groups (broad SMARTS) is 3. The average Bonchev–Trinajstić information content (AvgIpc) is 2.03. The highest BCUT2D eigenvalue weighted by atomic mass is 16.4. The lowest BCUT2D eigenvalue weighted by Gasteiger charge is -2.10. The SMILES string of the molecule is CC(O)C(=O)[O-].O=C([O-])CC(O)C(=O)[O-].[NH4+].[NH4+].[NH4+]. The number of aliphatic hydroxyl groups is 2. The zero-order valence-corrected chi connectivity index (χ0v) is 10.7. The van der Waals surface area contributed by atoms with E-state index in [1.165, 1.54) is 0 Å². The van der Waals surface area contributed by atoms with Crippen molar-refractivity contribution in [1.82, 2.24) is 18.5 Å². The van der Waals surface area contributed by atoms with E-state index in [1.807, 2.05) is 0 Å². The van der Waals surface area contributed by atoms with Crippen LogP contribution in [0.4, 0.5) is 0 Å². The summed E-state index contributed by atoms with van der Waals surface area (Å²) in [6, 6.07) is 0. The molecule has 11 heteroatoms. The minimum atomic E-state index is -1.96. The van der Waals surface area contributed by atoms with Crippen LogP contribution < -0.4 is 33.8 Å². The molecule has 0 radical (unpaired) electrons. The van der Waals surface area contributed by atoms with Crippen molar-refractivity contribution in [3.05, 3.63) is 0 Å². The van der Waals surface area contributed by atoms with Gasteiger partial charge in [0.2, 0.25) is 0 Å². The van der Waals surface area contributed by atoms with E-state index < -0.39 is 36.5 Å². The minimum Gasteiger partial charge on any atom is -0.550 e. The maximum atomic E-state index is 9.58. The van der Waals surface area contributed by atoms with Crippen LogP contribution in [0, 0.1) is 0 Å². The summed E-state index contributed by atoms with van der Waals surface area (Å²) in [6.07, 6.45) is -4.23. The molecule has 0 bridgehead atoms. The second-order valence-corrected chi connectivity index (χ2v) is 2.41. The van der Waals surface area contributed by atoms with Crippen LogP contribution in [0.5, 0.6) is 0 Å². The molecular formula is C7H21N3O8. The Morgan fingerprint density at radius 2 is 1.22 bits per heavy atom. The smallest absolute Gasteiger partial charge is 0.0985 e. The van der Waals surface area contributed by atoms with Gasteiger partial charge in [-0.2, -0.15) is 0 Å². The summed E-state index contributed by atoms with van der Waals surface area (Å²) in [6.45, 7) is 1.13. The summed E-state index contributed by atoms with van der Waals surface area (Å²) < 4.78 is 0. The van der Waals surface area contributed by atoms with Gasteiger partial charge in [-0.05, 0) is 6.92 Å². The third kappa shape index (κ3) is 23.8. The quantitative estimate of drug-likeness (QED) is 0.332. The van der Waals surface area contributed by atoms with Crippen LogP contribution in [-0.4, -0.2) is 40.3 Å². The molecule has 0 rings (SSSR count). The summed E-state index contributed by atoms with van der Waals surface area (Å²) in [4.78, 5) is 28.5. The van der Waals surface area contributed by atoms with Gasteiger partial charge in [-0.3, -0.25) is 0 Å². The normalized spacial score (nSPS) is 10.8. The third-order valence-electron chi connectivity index (χ3n) is 0.973. The van der Waals surface area contributed by atoms with E-state index in [9.17, 15) is 29.7 Å². The molecule has 0 spiro atoms. The van der Waals surface area contributed by atoms with Gasteiger partial charge < -0.3 is 58.4 Å². The molecular weight excluding hydrogens is 254 g/mol. The number of aliphatic hydroxyl groups excluding tert-OH is 2. The molecule has 0 aliphatic heterocycles. The number of hydrogen-bond donors (Lipinski definition) is 5. The number of aliphatic carboxylic acids is 3. The van der Waals surface area contributed by atoms with Gasteiger partial charge >= 0.3 is 0 Å². The van der Waals surface area contributed by atoms with Crippen LogP contribution in [0.1, 0.15) is 13.3 Å². The van der Waals surface area contributed by atoms with E-state index in [4.69, 9.17) is 10.2 Å². The van der Waals surface area contributed by atoms with Crippen LogP contribution in [0.2, 0.25) is 0 Å². The lowest BCUT2D eigenvalue weighted by molar-refractivity contribution is -0.323. The largest absolute Gasteiger partial charge is 0.550 e. The van der Waals surface area contributed by atoms with Crippen molar-refractivity contribution < 1.29 is 39.9 Å². The molecule has 2 unspecified atom stereocenters. The fourth-order valence-electron chi connectivity index (χ4n) is 0.241. The van der Waals surface area contributed by atoms with E-state index in [2.05, 4.69) is 0 Å². The molecule has 0 aliphatic rings. The summed E-state index contributed by atoms with van der Waals surface area (Å²) in [7, 11) is 0. The van der Waals surface area contributed by atoms with Gasteiger partial charge in [-0.1, -0.05) is 0 Å². The van der Waals surface area contributed by atoms with Crippen molar-refractivity contribution in [2.24, 2.45) is 0 Å². The van der Waals surface area contributed by atoms with Gasteiger partial charge in [0.15, 0.2) is 0 Å². The van der Waals surface area contributed by atoms with E-state index in [0.29, 0.717) is 0 Å². The molecule has 0 amide bonds. The summed E-state index contributed by atoms with van der Waals surface area (Å²) in [5.41, 5.74) is 0. The average molecular weight is 275 g/mol. The fraction of sp³-hybridized carbons (Fsp3) is 0.571. The monoisotopic (exact) mass is 275 g/mol. The Hall–Kier alpha value is -1.79. The van der Waals surface area contributed by atoms with Crippen molar-refractivity contribution >= 4 is 17.9 Å². The molecule has 0 saturated heterocycles. The lowest BCUT2D eigenvalue weighted by Crippen LogP contribution is -2.39. The van der Waals surface area contributed by atoms with Gasteiger partial charge in [-0.15, -0.1) is 0 Å². The molecule has 14 N–H and O–H groups in total. The number of rotatable bonds is 4. The van der Waals surface area contributed by atoms with Crippen LogP contribution in [-0.2, 0) is 14.4 Å². The first-order chi connectivity index (χ1) is 6.68. The second-order valence-electron chi connectivity index (χ2n) is 2.41. The number of quaternary nitrogens is 3. The number of carbonyl (C=O) groups excluding carboxylic acids is 3.